The van der Waals surface area contributed by atoms with Crippen LogP contribution in [0.15, 0.2) is 42.0 Å². The molecule has 0 saturated carbocycles. The van der Waals surface area contributed by atoms with Gasteiger partial charge < -0.3 is 4.98 Å². The number of aromatic nitrogens is 3. The summed E-state index contributed by atoms with van der Waals surface area (Å²) in [7, 11) is 0. The molecule has 2 rings (SSSR count). The van der Waals surface area contributed by atoms with E-state index in [1.165, 1.54) is 24.8 Å². The lowest BCUT2D eigenvalue weighted by molar-refractivity contribution is 0.0950. The first-order valence-electron chi connectivity index (χ1n) is 4.59. The molecule has 2 heterocycles. The Labute approximate surface area is 91.4 Å². The number of nitrogens with one attached hydrogen (secondary N) is 2. The van der Waals surface area contributed by atoms with Crippen LogP contribution in [0.5, 0.6) is 0 Å². The fourth-order valence-electron chi connectivity index (χ4n) is 1.06. The number of carbonyl (C=O) groups excluding carboxylic acids is 1. The molecule has 0 aromatic carbocycles. The third kappa shape index (κ3) is 2.50. The van der Waals surface area contributed by atoms with Gasteiger partial charge in [0.2, 0.25) is 0 Å². The normalized spacial score (nSPS) is 10.5. The van der Waals surface area contributed by atoms with Crippen molar-refractivity contribution < 1.29 is 4.79 Å². The van der Waals surface area contributed by atoms with Crippen LogP contribution >= 0.6 is 0 Å². The molecule has 6 nitrogen and oxygen atoms in total. The maximum Gasteiger partial charge on any atom is 0.291 e. The third-order valence-corrected chi connectivity index (χ3v) is 1.79. The number of hydrogen-bond acceptors (Lipinski definition) is 4. The van der Waals surface area contributed by atoms with E-state index in [0.29, 0.717) is 0 Å². The highest BCUT2D eigenvalue weighted by Crippen LogP contribution is 1.91. The lowest BCUT2D eigenvalue weighted by atomic mass is 10.4. The largest absolute Gasteiger partial charge is 0.360 e. The van der Waals surface area contributed by atoms with Crippen LogP contribution < -0.4 is 5.43 Å². The number of carbonyl (C=O) groups is 1. The molecule has 0 bridgehead atoms. The van der Waals surface area contributed by atoms with Gasteiger partial charge in [-0.1, -0.05) is 0 Å². The number of hydrazone groups is 1. The Morgan fingerprint density at radius 1 is 1.50 bits per heavy atom. The van der Waals surface area contributed by atoms with Crippen LogP contribution in [0.3, 0.4) is 0 Å². The first-order valence-corrected chi connectivity index (χ1v) is 4.59. The van der Waals surface area contributed by atoms with Crippen molar-refractivity contribution in [2.75, 3.05) is 0 Å². The van der Waals surface area contributed by atoms with Crippen LogP contribution in [0.2, 0.25) is 0 Å². The molecule has 0 fully saturated rings. The van der Waals surface area contributed by atoms with Crippen LogP contribution in [-0.4, -0.2) is 27.1 Å². The second kappa shape index (κ2) is 4.83. The first-order chi connectivity index (χ1) is 7.86. The van der Waals surface area contributed by atoms with E-state index in [9.17, 15) is 4.79 Å². The fourth-order valence-corrected chi connectivity index (χ4v) is 1.06. The molecular weight excluding hydrogens is 206 g/mol. The maximum absolute atomic E-state index is 11.4. The summed E-state index contributed by atoms with van der Waals surface area (Å²) in [5.74, 6) is -0.393. The molecule has 1 amide bonds. The number of nitrogens with zero attached hydrogens (tertiary/aromatic N) is 3. The molecule has 0 aliphatic carbocycles. The van der Waals surface area contributed by atoms with Crippen molar-refractivity contribution in [3.8, 4) is 0 Å². The quantitative estimate of drug-likeness (QED) is 0.580. The SMILES string of the molecule is O=C(N/N=C/c1ccc[nH]1)c1cnccn1. The lowest BCUT2D eigenvalue weighted by Gasteiger charge is -1.96. The van der Waals surface area contributed by atoms with Crippen LogP contribution in [0.4, 0.5) is 0 Å². The van der Waals surface area contributed by atoms with Crippen LogP contribution in [-0.2, 0) is 0 Å². The van der Waals surface area contributed by atoms with Gasteiger partial charge >= 0.3 is 0 Å². The van der Waals surface area contributed by atoms with Crippen LogP contribution in [0, 0.1) is 0 Å². The van der Waals surface area contributed by atoms with Gasteiger partial charge in [0.15, 0.2) is 0 Å². The molecule has 2 N–H and O–H groups in total. The van der Waals surface area contributed by atoms with Gasteiger partial charge in [-0.15, -0.1) is 0 Å². The molecular formula is C10H9N5O. The van der Waals surface area contributed by atoms with Gasteiger partial charge in [0.1, 0.15) is 5.69 Å². The van der Waals surface area contributed by atoms with Crippen molar-refractivity contribution in [2.24, 2.45) is 5.10 Å². The Hall–Kier alpha value is -2.50. The van der Waals surface area contributed by atoms with Gasteiger partial charge in [-0.3, -0.25) is 9.78 Å². The monoisotopic (exact) mass is 215 g/mol. The van der Waals surface area contributed by atoms with Crippen molar-refractivity contribution in [3.05, 3.63) is 48.3 Å². The summed E-state index contributed by atoms with van der Waals surface area (Å²) < 4.78 is 0. The standard InChI is InChI=1S/C10H9N5O/c16-10(9-7-11-4-5-13-9)15-14-6-8-2-1-3-12-8/h1-7,12H,(H,15,16)/b14-6+. The van der Waals surface area contributed by atoms with Gasteiger partial charge in [-0.05, 0) is 12.1 Å². The number of H-pyrrole nitrogens is 1. The second-order valence-electron chi connectivity index (χ2n) is 2.92. The van der Waals surface area contributed by atoms with Crippen molar-refractivity contribution in [1.29, 1.82) is 0 Å². The van der Waals surface area contributed by atoms with Crippen LogP contribution in [0.25, 0.3) is 0 Å². The van der Waals surface area contributed by atoms with E-state index in [1.807, 2.05) is 12.1 Å². The Kier molecular flexibility index (Phi) is 3.03. The summed E-state index contributed by atoms with van der Waals surface area (Å²) in [4.78, 5) is 22.0. The summed E-state index contributed by atoms with van der Waals surface area (Å²) >= 11 is 0. The van der Waals surface area contributed by atoms with Gasteiger partial charge in [0, 0.05) is 18.6 Å². The van der Waals surface area contributed by atoms with E-state index in [4.69, 9.17) is 0 Å². The van der Waals surface area contributed by atoms with Crippen molar-refractivity contribution in [1.82, 2.24) is 20.4 Å². The predicted molar refractivity (Wildman–Crippen MR) is 57.9 cm³/mol. The summed E-state index contributed by atoms with van der Waals surface area (Å²) in [6.07, 6.45) is 7.60. The molecule has 80 valence electrons. The van der Waals surface area contributed by atoms with E-state index in [1.54, 1.807) is 6.20 Å². The van der Waals surface area contributed by atoms with E-state index < -0.39 is 5.91 Å². The molecule has 2 aromatic rings. The van der Waals surface area contributed by atoms with E-state index in [0.717, 1.165) is 5.69 Å². The fraction of sp³-hybridized carbons (Fsp3) is 0. The highest BCUT2D eigenvalue weighted by atomic mass is 16.2. The van der Waals surface area contributed by atoms with E-state index in [2.05, 4.69) is 25.5 Å². The molecule has 0 spiro atoms. The molecule has 0 aliphatic rings. The average molecular weight is 215 g/mol. The summed E-state index contributed by atoms with van der Waals surface area (Å²) in [6.45, 7) is 0. The second-order valence-corrected chi connectivity index (χ2v) is 2.92. The lowest BCUT2D eigenvalue weighted by Crippen LogP contribution is -2.19. The van der Waals surface area contributed by atoms with E-state index in [-0.39, 0.29) is 5.69 Å². The summed E-state index contributed by atoms with van der Waals surface area (Å²) in [5, 5.41) is 3.77. The Balaban J connectivity index is 1.94. The molecule has 0 unspecified atom stereocenters. The smallest absolute Gasteiger partial charge is 0.291 e. The number of hydrogen-bond donors (Lipinski definition) is 2. The highest BCUT2D eigenvalue weighted by molar-refractivity contribution is 5.92. The molecule has 16 heavy (non-hydrogen) atoms. The van der Waals surface area contributed by atoms with Gasteiger partial charge in [-0.25, -0.2) is 10.4 Å². The molecule has 6 heteroatoms. The topological polar surface area (TPSA) is 83.0 Å². The third-order valence-electron chi connectivity index (χ3n) is 1.79. The number of rotatable bonds is 3. The Morgan fingerprint density at radius 2 is 2.44 bits per heavy atom. The first kappa shape index (κ1) is 10.0. The zero-order valence-corrected chi connectivity index (χ0v) is 8.29. The molecule has 2 aromatic heterocycles. The van der Waals surface area contributed by atoms with Crippen molar-refractivity contribution >= 4 is 12.1 Å². The highest BCUT2D eigenvalue weighted by Gasteiger charge is 2.03. The minimum atomic E-state index is -0.393. The minimum absolute atomic E-state index is 0.228. The molecule has 0 aliphatic heterocycles. The van der Waals surface area contributed by atoms with Crippen LogP contribution in [0.1, 0.15) is 16.2 Å². The minimum Gasteiger partial charge on any atom is -0.360 e. The van der Waals surface area contributed by atoms with Gasteiger partial charge in [0.25, 0.3) is 5.91 Å². The number of amides is 1. The maximum atomic E-state index is 11.4. The van der Waals surface area contributed by atoms with Crippen molar-refractivity contribution in [3.63, 3.8) is 0 Å². The Bertz CT molecular complexity index is 477. The van der Waals surface area contributed by atoms with Crippen molar-refractivity contribution in [2.45, 2.75) is 0 Å². The zero-order valence-electron chi connectivity index (χ0n) is 8.29. The average Bonchev–Trinajstić information content (AvgIpc) is 2.83. The number of aromatic amines is 1. The van der Waals surface area contributed by atoms with Gasteiger partial charge in [0.05, 0.1) is 18.1 Å². The zero-order chi connectivity index (χ0) is 11.2. The summed E-state index contributed by atoms with van der Waals surface area (Å²) in [6, 6.07) is 3.67. The molecule has 0 atom stereocenters. The Morgan fingerprint density at radius 3 is 3.12 bits per heavy atom. The molecule has 0 saturated heterocycles. The summed E-state index contributed by atoms with van der Waals surface area (Å²) in [5.41, 5.74) is 3.38. The van der Waals surface area contributed by atoms with Gasteiger partial charge in [-0.2, -0.15) is 5.10 Å². The predicted octanol–water partition coefficient (Wildman–Crippen LogP) is 0.569. The van der Waals surface area contributed by atoms with E-state index >= 15 is 0 Å². The molecule has 0 radical (unpaired) electrons.